The van der Waals surface area contributed by atoms with Gasteiger partial charge in [-0.3, -0.25) is 9.59 Å². The third-order valence-corrected chi connectivity index (χ3v) is 4.50. The number of hydrogen-bond donors (Lipinski definition) is 2. The Morgan fingerprint density at radius 3 is 2.21 bits per heavy atom. The molecule has 5 nitrogen and oxygen atoms in total. The number of anilines is 1. The lowest BCUT2D eigenvalue weighted by Gasteiger charge is -2.08. The van der Waals surface area contributed by atoms with Crippen molar-refractivity contribution in [3.63, 3.8) is 0 Å². The summed E-state index contributed by atoms with van der Waals surface area (Å²) in [5.41, 5.74) is -2.75. The van der Waals surface area contributed by atoms with Crippen LogP contribution in [0.5, 0.6) is 0 Å². The van der Waals surface area contributed by atoms with Gasteiger partial charge in [0.25, 0.3) is 11.8 Å². The molecule has 0 radical (unpaired) electrons. The normalized spacial score (nSPS) is 11.1. The minimum absolute atomic E-state index is 0.0150. The average Bonchev–Trinajstić information content (AvgIpc) is 3.21. The van der Waals surface area contributed by atoms with Crippen molar-refractivity contribution in [2.24, 2.45) is 0 Å². The number of nitrogens with one attached hydrogen (secondary N) is 2. The van der Waals surface area contributed by atoms with Gasteiger partial charge < -0.3 is 15.1 Å². The molecule has 0 bridgehead atoms. The van der Waals surface area contributed by atoms with Crippen molar-refractivity contribution < 1.29 is 27.2 Å². The van der Waals surface area contributed by atoms with Crippen molar-refractivity contribution in [1.29, 1.82) is 0 Å². The van der Waals surface area contributed by atoms with Crippen LogP contribution in [0.25, 0.3) is 0 Å². The molecule has 9 heteroatoms. The molecule has 1 aromatic heterocycles. The number of hydrogen-bond acceptors (Lipinski definition) is 4. The molecule has 3 aromatic rings. The molecule has 0 saturated heterocycles. The van der Waals surface area contributed by atoms with Crippen LogP contribution in [0, 0.1) is 0 Å². The van der Waals surface area contributed by atoms with Crippen LogP contribution in [0.3, 0.4) is 0 Å². The Morgan fingerprint density at radius 1 is 0.931 bits per heavy atom. The molecule has 2 N–H and O–H groups in total. The second-order valence-electron chi connectivity index (χ2n) is 5.88. The van der Waals surface area contributed by atoms with Crippen LogP contribution in [-0.2, 0) is 6.54 Å². The highest BCUT2D eigenvalue weighted by molar-refractivity contribution is 8.00. The van der Waals surface area contributed by atoms with E-state index in [2.05, 4.69) is 10.6 Å². The molecular weight excluding hydrogens is 405 g/mol. The summed E-state index contributed by atoms with van der Waals surface area (Å²) in [7, 11) is 0. The first-order chi connectivity index (χ1) is 13.8. The summed E-state index contributed by atoms with van der Waals surface area (Å²) >= 11 is -0.232. The van der Waals surface area contributed by atoms with E-state index in [-0.39, 0.29) is 40.4 Å². The van der Waals surface area contributed by atoms with E-state index in [1.165, 1.54) is 30.5 Å². The zero-order chi connectivity index (χ0) is 20.9. The minimum Gasteiger partial charge on any atom is -0.459 e. The van der Waals surface area contributed by atoms with Gasteiger partial charge in [-0.2, -0.15) is 13.2 Å². The molecule has 0 atom stereocenters. The maximum atomic E-state index is 12.3. The molecule has 29 heavy (non-hydrogen) atoms. The van der Waals surface area contributed by atoms with Crippen LogP contribution in [0.4, 0.5) is 18.9 Å². The molecule has 0 aliphatic rings. The molecule has 150 valence electrons. The summed E-state index contributed by atoms with van der Waals surface area (Å²) in [5, 5.41) is 5.38. The maximum Gasteiger partial charge on any atom is 0.446 e. The Morgan fingerprint density at radius 2 is 1.62 bits per heavy atom. The lowest BCUT2D eigenvalue weighted by atomic mass is 10.2. The lowest BCUT2D eigenvalue weighted by molar-refractivity contribution is -0.0328. The molecule has 0 unspecified atom stereocenters. The van der Waals surface area contributed by atoms with E-state index in [0.717, 1.165) is 5.56 Å². The molecular formula is C20H15F3N2O3S. The van der Waals surface area contributed by atoms with Crippen molar-refractivity contribution in [1.82, 2.24) is 5.32 Å². The van der Waals surface area contributed by atoms with E-state index in [0.29, 0.717) is 5.69 Å². The quantitative estimate of drug-likeness (QED) is 0.546. The standard InChI is InChI=1S/C20H15F3N2O3S/c21-20(22,23)29-16-9-5-14(6-10-16)18(26)24-12-13-3-7-15(8-4-13)25-19(27)17-2-1-11-28-17/h1-11H,12H2,(H,24,26)(H,25,27). The van der Waals surface area contributed by atoms with Crippen molar-refractivity contribution >= 4 is 29.3 Å². The van der Waals surface area contributed by atoms with Crippen LogP contribution < -0.4 is 10.6 Å². The van der Waals surface area contributed by atoms with Gasteiger partial charge in [-0.05, 0) is 65.9 Å². The highest BCUT2D eigenvalue weighted by atomic mass is 32.2. The summed E-state index contributed by atoms with van der Waals surface area (Å²) in [6, 6.07) is 15.2. The zero-order valence-electron chi connectivity index (χ0n) is 14.8. The number of amides is 2. The second-order valence-corrected chi connectivity index (χ2v) is 7.02. The molecule has 2 amide bonds. The van der Waals surface area contributed by atoms with Gasteiger partial charge in [0, 0.05) is 22.7 Å². The van der Waals surface area contributed by atoms with Crippen molar-refractivity contribution in [3.8, 4) is 0 Å². The summed E-state index contributed by atoms with van der Waals surface area (Å²) in [5.74, 6) is -0.576. The second kappa shape index (κ2) is 8.87. The Bertz CT molecular complexity index is 970. The molecule has 3 rings (SSSR count). The molecule has 0 aliphatic heterocycles. The van der Waals surface area contributed by atoms with Gasteiger partial charge >= 0.3 is 5.51 Å². The fourth-order valence-electron chi connectivity index (χ4n) is 2.40. The van der Waals surface area contributed by atoms with Crippen molar-refractivity contribution in [2.75, 3.05) is 5.32 Å². The van der Waals surface area contributed by atoms with Gasteiger partial charge in [0.2, 0.25) is 0 Å². The maximum absolute atomic E-state index is 12.3. The zero-order valence-corrected chi connectivity index (χ0v) is 15.6. The highest BCUT2D eigenvalue weighted by Crippen LogP contribution is 2.36. The van der Waals surface area contributed by atoms with E-state index < -0.39 is 11.4 Å². The lowest BCUT2D eigenvalue weighted by Crippen LogP contribution is -2.22. The fourth-order valence-corrected chi connectivity index (χ4v) is 2.94. The van der Waals surface area contributed by atoms with Crippen LogP contribution in [0.1, 0.15) is 26.5 Å². The van der Waals surface area contributed by atoms with Gasteiger partial charge in [-0.1, -0.05) is 12.1 Å². The molecule has 0 saturated carbocycles. The monoisotopic (exact) mass is 420 g/mol. The first-order valence-electron chi connectivity index (χ1n) is 8.38. The average molecular weight is 420 g/mol. The van der Waals surface area contributed by atoms with Gasteiger partial charge in [-0.15, -0.1) is 0 Å². The summed E-state index contributed by atoms with van der Waals surface area (Å²) < 4.78 is 42.0. The van der Waals surface area contributed by atoms with Crippen LogP contribution in [0.2, 0.25) is 0 Å². The SMILES string of the molecule is O=C(NCc1ccc(NC(=O)c2ccco2)cc1)c1ccc(SC(F)(F)F)cc1. The topological polar surface area (TPSA) is 71.3 Å². The Labute approximate surface area is 168 Å². The predicted molar refractivity (Wildman–Crippen MR) is 103 cm³/mol. The third kappa shape index (κ3) is 6.15. The number of benzene rings is 2. The molecule has 0 fully saturated rings. The van der Waals surface area contributed by atoms with Gasteiger partial charge in [0.15, 0.2) is 5.76 Å². The Kier molecular flexibility index (Phi) is 6.28. The first kappa shape index (κ1) is 20.5. The van der Waals surface area contributed by atoms with Gasteiger partial charge in [0.1, 0.15) is 0 Å². The number of alkyl halides is 3. The molecule has 2 aromatic carbocycles. The molecule has 0 aliphatic carbocycles. The Balaban J connectivity index is 1.51. The number of thioether (sulfide) groups is 1. The summed E-state index contributed by atoms with van der Waals surface area (Å²) in [6.45, 7) is 0.226. The van der Waals surface area contributed by atoms with Gasteiger partial charge in [0.05, 0.1) is 6.26 Å². The van der Waals surface area contributed by atoms with E-state index in [4.69, 9.17) is 4.42 Å². The largest absolute Gasteiger partial charge is 0.459 e. The van der Waals surface area contributed by atoms with Crippen LogP contribution in [0.15, 0.2) is 76.2 Å². The predicted octanol–water partition coefficient (Wildman–Crippen LogP) is 5.07. The van der Waals surface area contributed by atoms with Crippen LogP contribution >= 0.6 is 11.8 Å². The summed E-state index contributed by atoms with van der Waals surface area (Å²) in [4.78, 5) is 24.1. The Hall–Kier alpha value is -3.20. The van der Waals surface area contributed by atoms with E-state index in [1.807, 2.05) is 0 Å². The number of furan rings is 1. The van der Waals surface area contributed by atoms with E-state index >= 15 is 0 Å². The molecule has 0 spiro atoms. The number of rotatable bonds is 6. The number of carbonyl (C=O) groups is 2. The number of halogens is 3. The van der Waals surface area contributed by atoms with Crippen LogP contribution in [-0.4, -0.2) is 17.3 Å². The van der Waals surface area contributed by atoms with E-state index in [1.54, 1.807) is 36.4 Å². The van der Waals surface area contributed by atoms with Crippen molar-refractivity contribution in [3.05, 3.63) is 83.8 Å². The molecule has 1 heterocycles. The first-order valence-corrected chi connectivity index (χ1v) is 9.19. The fraction of sp³-hybridized carbons (Fsp3) is 0.100. The smallest absolute Gasteiger partial charge is 0.446 e. The highest BCUT2D eigenvalue weighted by Gasteiger charge is 2.29. The van der Waals surface area contributed by atoms with Gasteiger partial charge in [-0.25, -0.2) is 0 Å². The minimum atomic E-state index is -4.37. The third-order valence-electron chi connectivity index (χ3n) is 3.76. The van der Waals surface area contributed by atoms with Crippen molar-refractivity contribution in [2.45, 2.75) is 16.9 Å². The number of carbonyl (C=O) groups excluding carboxylic acids is 2. The summed E-state index contributed by atoms with van der Waals surface area (Å²) in [6.07, 6.45) is 1.41. The van der Waals surface area contributed by atoms with E-state index in [9.17, 15) is 22.8 Å².